The summed E-state index contributed by atoms with van der Waals surface area (Å²) in [5.41, 5.74) is 1.21. The van der Waals surface area contributed by atoms with Crippen molar-refractivity contribution in [2.24, 2.45) is 5.41 Å². The van der Waals surface area contributed by atoms with Gasteiger partial charge in [0.1, 0.15) is 11.6 Å². The van der Waals surface area contributed by atoms with Crippen molar-refractivity contribution in [3.05, 3.63) is 58.8 Å². The molecule has 0 aliphatic heterocycles. The molecule has 1 saturated carbocycles. The molecule has 4 nitrogen and oxygen atoms in total. The van der Waals surface area contributed by atoms with Gasteiger partial charge in [0.05, 0.1) is 17.0 Å². The fourth-order valence-electron chi connectivity index (χ4n) is 5.16. The van der Waals surface area contributed by atoms with E-state index in [0.29, 0.717) is 12.0 Å². The minimum atomic E-state index is -0.928. The maximum Gasteiger partial charge on any atom is 0.331 e. The molecule has 0 saturated heterocycles. The lowest BCUT2D eigenvalue weighted by atomic mass is 9.67. The quantitative estimate of drug-likeness (QED) is 0.754. The van der Waals surface area contributed by atoms with Gasteiger partial charge in [-0.05, 0) is 54.4 Å². The third-order valence-electron chi connectivity index (χ3n) is 6.76. The van der Waals surface area contributed by atoms with Gasteiger partial charge >= 0.3 is 5.97 Å². The molecule has 1 fully saturated rings. The van der Waals surface area contributed by atoms with Crippen molar-refractivity contribution >= 4 is 5.97 Å². The van der Waals surface area contributed by atoms with Crippen LogP contribution in [0.1, 0.15) is 57.2 Å². The maximum atomic E-state index is 14.2. The van der Waals surface area contributed by atoms with Gasteiger partial charge in [-0.25, -0.2) is 13.6 Å². The number of hydrogen-bond donors (Lipinski definition) is 1. The minimum Gasteiger partial charge on any atom is -0.478 e. The van der Waals surface area contributed by atoms with Crippen LogP contribution in [-0.2, 0) is 10.2 Å². The number of carboxylic acids is 1. The summed E-state index contributed by atoms with van der Waals surface area (Å²) in [6, 6.07) is 5.46. The molecule has 1 N–H and O–H groups in total. The molecule has 1 aromatic heterocycles. The summed E-state index contributed by atoms with van der Waals surface area (Å²) in [5.74, 6) is -2.15. The highest BCUT2D eigenvalue weighted by molar-refractivity contribution is 5.87. The van der Waals surface area contributed by atoms with Crippen LogP contribution in [0.2, 0.25) is 0 Å². The number of benzene rings is 1. The first-order valence-corrected chi connectivity index (χ1v) is 9.50. The lowest BCUT2D eigenvalue weighted by Gasteiger charge is -2.35. The second-order valence-corrected chi connectivity index (χ2v) is 8.24. The largest absolute Gasteiger partial charge is 0.478 e. The lowest BCUT2D eigenvalue weighted by molar-refractivity contribution is -0.132. The van der Waals surface area contributed by atoms with Crippen molar-refractivity contribution in [2.75, 3.05) is 0 Å². The van der Waals surface area contributed by atoms with E-state index < -0.39 is 23.0 Å². The van der Waals surface area contributed by atoms with E-state index in [1.165, 1.54) is 18.2 Å². The summed E-state index contributed by atoms with van der Waals surface area (Å²) in [5, 5.41) is 18.1. The number of nitrogens with zero attached hydrogens (tertiary/aromatic N) is 2. The highest BCUT2D eigenvalue weighted by Crippen LogP contribution is 2.68. The molecular weight excluding hydrogens is 362 g/mol. The van der Waals surface area contributed by atoms with E-state index in [0.717, 1.165) is 24.1 Å². The van der Waals surface area contributed by atoms with Crippen LogP contribution in [0.15, 0.2) is 35.9 Å². The first kappa shape index (κ1) is 18.7. The Morgan fingerprint density at radius 2 is 1.96 bits per heavy atom. The van der Waals surface area contributed by atoms with E-state index in [9.17, 15) is 18.7 Å². The van der Waals surface area contributed by atoms with Crippen LogP contribution in [-0.4, -0.2) is 21.3 Å². The van der Waals surface area contributed by atoms with Gasteiger partial charge < -0.3 is 5.11 Å². The van der Waals surface area contributed by atoms with E-state index in [2.05, 4.69) is 24.0 Å². The Labute approximate surface area is 162 Å². The van der Waals surface area contributed by atoms with Gasteiger partial charge in [0.15, 0.2) is 0 Å². The highest BCUT2D eigenvalue weighted by atomic mass is 19.1. The summed E-state index contributed by atoms with van der Waals surface area (Å²) in [6.45, 7) is 6.05. The van der Waals surface area contributed by atoms with Gasteiger partial charge in [-0.3, -0.25) is 0 Å². The van der Waals surface area contributed by atoms with E-state index in [1.807, 2.05) is 13.0 Å². The standard InChI is InChI=1S/C22H22F2N2O2/c1-4-12(20(27)28)11-22-9-8-14(21(22,2)3)13-10-17(25-26-19(13)22)18-15(23)6-5-7-16(18)24/h5-7,10-11,14H,4,8-9H2,1-3H3,(H,27,28)/b12-11-/t14-,22-/m0/s1. The van der Waals surface area contributed by atoms with E-state index in [1.54, 1.807) is 6.07 Å². The Bertz CT molecular complexity index is 995. The predicted octanol–water partition coefficient (Wildman–Crippen LogP) is 5.00. The van der Waals surface area contributed by atoms with Gasteiger partial charge in [-0.1, -0.05) is 32.9 Å². The van der Waals surface area contributed by atoms with Crippen LogP contribution in [0.3, 0.4) is 0 Å². The Balaban J connectivity index is 1.91. The molecule has 2 aliphatic rings. The SMILES string of the molecule is CC/C(=C/[C@@]12CC[C@@H](c3cc(-c4c(F)cccc4F)nnc31)C2(C)C)C(=O)O. The monoisotopic (exact) mass is 384 g/mol. The van der Waals surface area contributed by atoms with Crippen LogP contribution < -0.4 is 0 Å². The van der Waals surface area contributed by atoms with Gasteiger partial charge in [0.2, 0.25) is 0 Å². The summed E-state index contributed by atoms with van der Waals surface area (Å²) >= 11 is 0. The number of fused-ring (bicyclic) bond motifs is 5. The molecule has 0 amide bonds. The first-order valence-electron chi connectivity index (χ1n) is 9.50. The fraction of sp³-hybridized carbons (Fsp3) is 0.409. The lowest BCUT2D eigenvalue weighted by Crippen LogP contribution is -2.34. The summed E-state index contributed by atoms with van der Waals surface area (Å²) in [6.07, 6.45) is 3.92. The second kappa shape index (κ2) is 6.19. The first-order chi connectivity index (χ1) is 13.2. The third-order valence-corrected chi connectivity index (χ3v) is 6.76. The zero-order valence-corrected chi connectivity index (χ0v) is 16.1. The summed E-state index contributed by atoms with van der Waals surface area (Å²) < 4.78 is 28.5. The second-order valence-electron chi connectivity index (χ2n) is 8.24. The average Bonchev–Trinajstić information content (AvgIpc) is 3.00. The van der Waals surface area contributed by atoms with Crippen molar-refractivity contribution in [3.8, 4) is 11.3 Å². The van der Waals surface area contributed by atoms with E-state index in [-0.39, 0.29) is 22.6 Å². The average molecular weight is 384 g/mol. The van der Waals surface area contributed by atoms with Crippen molar-refractivity contribution in [1.29, 1.82) is 0 Å². The van der Waals surface area contributed by atoms with Gasteiger partial charge in [-0.2, -0.15) is 5.10 Å². The fourth-order valence-corrected chi connectivity index (χ4v) is 5.16. The van der Waals surface area contributed by atoms with Gasteiger partial charge in [0, 0.05) is 11.0 Å². The smallest absolute Gasteiger partial charge is 0.331 e. The Hall–Kier alpha value is -2.63. The number of aromatic nitrogens is 2. The number of carboxylic acid groups (broad SMARTS) is 1. The molecule has 146 valence electrons. The number of halogens is 2. The molecule has 1 heterocycles. The molecular formula is C22H22F2N2O2. The Morgan fingerprint density at radius 1 is 1.29 bits per heavy atom. The predicted molar refractivity (Wildman–Crippen MR) is 101 cm³/mol. The molecule has 0 unspecified atom stereocenters. The van der Waals surface area contributed by atoms with Crippen LogP contribution in [0, 0.1) is 17.0 Å². The van der Waals surface area contributed by atoms with Crippen LogP contribution in [0.4, 0.5) is 8.78 Å². The van der Waals surface area contributed by atoms with Gasteiger partial charge in [-0.15, -0.1) is 5.10 Å². The van der Waals surface area contributed by atoms with Crippen molar-refractivity contribution < 1.29 is 18.7 Å². The molecule has 1 aromatic carbocycles. The number of allylic oxidation sites excluding steroid dienone is 1. The molecule has 6 heteroatoms. The Kier molecular flexibility index (Phi) is 4.14. The zero-order chi connectivity index (χ0) is 20.3. The normalized spacial score (nSPS) is 25.0. The van der Waals surface area contributed by atoms with Gasteiger partial charge in [0.25, 0.3) is 0 Å². The van der Waals surface area contributed by atoms with Crippen molar-refractivity contribution in [1.82, 2.24) is 10.2 Å². The summed E-state index contributed by atoms with van der Waals surface area (Å²) in [7, 11) is 0. The molecule has 2 atom stereocenters. The molecule has 28 heavy (non-hydrogen) atoms. The number of aliphatic carboxylic acids is 1. The number of rotatable bonds is 4. The highest BCUT2D eigenvalue weighted by Gasteiger charge is 2.62. The Morgan fingerprint density at radius 3 is 2.57 bits per heavy atom. The van der Waals surface area contributed by atoms with Crippen molar-refractivity contribution in [2.45, 2.75) is 51.4 Å². The summed E-state index contributed by atoms with van der Waals surface area (Å²) in [4.78, 5) is 11.6. The minimum absolute atomic E-state index is 0.134. The van der Waals surface area contributed by atoms with E-state index in [4.69, 9.17) is 0 Å². The molecule has 2 bridgehead atoms. The molecule has 4 rings (SSSR count). The number of hydrogen-bond acceptors (Lipinski definition) is 3. The van der Waals surface area contributed by atoms with Crippen molar-refractivity contribution in [3.63, 3.8) is 0 Å². The molecule has 0 radical (unpaired) electrons. The molecule has 2 aliphatic carbocycles. The molecule has 0 spiro atoms. The number of carbonyl (C=O) groups is 1. The maximum absolute atomic E-state index is 14.2. The van der Waals surface area contributed by atoms with Crippen LogP contribution in [0.25, 0.3) is 11.3 Å². The topological polar surface area (TPSA) is 63.1 Å². The third kappa shape index (κ3) is 2.36. The molecule has 2 aromatic rings. The zero-order valence-electron chi connectivity index (χ0n) is 16.1. The van der Waals surface area contributed by atoms with Crippen LogP contribution in [0.5, 0.6) is 0 Å². The van der Waals surface area contributed by atoms with E-state index >= 15 is 0 Å². The van der Waals surface area contributed by atoms with Crippen LogP contribution >= 0.6 is 0 Å².